The Hall–Kier alpha value is -2.51. The number of carbonyl (C=O) groups excluding carboxylic acids is 5. The third-order valence-corrected chi connectivity index (χ3v) is 2.45. The van der Waals surface area contributed by atoms with Gasteiger partial charge in [-0.05, 0) is 20.8 Å². The SMILES string of the molecule is COC(=O)/C=C/C(=O)OCC(C)(C)C(=O)C(=O)NCC(C)=O. The maximum atomic E-state index is 11.9. The molecular formula is C14H19NO7. The lowest BCUT2D eigenvalue weighted by Crippen LogP contribution is -2.43. The van der Waals surface area contributed by atoms with Gasteiger partial charge in [0, 0.05) is 12.2 Å². The Balaban J connectivity index is 4.50. The predicted molar refractivity (Wildman–Crippen MR) is 74.6 cm³/mol. The van der Waals surface area contributed by atoms with E-state index in [0.717, 1.165) is 19.3 Å². The van der Waals surface area contributed by atoms with E-state index in [2.05, 4.69) is 10.1 Å². The second-order valence-electron chi connectivity index (χ2n) is 5.06. The van der Waals surface area contributed by atoms with Crippen LogP contribution in [0.25, 0.3) is 0 Å². The van der Waals surface area contributed by atoms with E-state index in [1.54, 1.807) is 0 Å². The Bertz CT molecular complexity index is 505. The van der Waals surface area contributed by atoms with Crippen LogP contribution >= 0.6 is 0 Å². The van der Waals surface area contributed by atoms with E-state index >= 15 is 0 Å². The quantitative estimate of drug-likeness (QED) is 0.367. The standard InChI is InChI=1S/C14H19NO7/c1-9(16)7-15-13(20)12(19)14(2,3)8-22-11(18)6-5-10(17)21-4/h5-6H,7-8H2,1-4H3,(H,15,20)/b6-5+. The van der Waals surface area contributed by atoms with Crippen molar-refractivity contribution in [3.8, 4) is 0 Å². The summed E-state index contributed by atoms with van der Waals surface area (Å²) in [5, 5.41) is 2.17. The highest BCUT2D eigenvalue weighted by molar-refractivity contribution is 6.38. The van der Waals surface area contributed by atoms with Crippen LogP contribution < -0.4 is 5.32 Å². The number of carbonyl (C=O) groups is 5. The van der Waals surface area contributed by atoms with Crippen molar-refractivity contribution < 1.29 is 33.4 Å². The molecule has 22 heavy (non-hydrogen) atoms. The first-order valence-electron chi connectivity index (χ1n) is 6.35. The van der Waals surface area contributed by atoms with Crippen molar-refractivity contribution in [2.24, 2.45) is 5.41 Å². The highest BCUT2D eigenvalue weighted by Gasteiger charge is 2.34. The molecule has 0 heterocycles. The lowest BCUT2D eigenvalue weighted by Gasteiger charge is -2.21. The maximum absolute atomic E-state index is 11.9. The molecule has 0 fully saturated rings. The third kappa shape index (κ3) is 7.32. The van der Waals surface area contributed by atoms with Gasteiger partial charge < -0.3 is 14.8 Å². The van der Waals surface area contributed by atoms with E-state index in [0.29, 0.717) is 0 Å². The average Bonchev–Trinajstić information content (AvgIpc) is 2.47. The molecular weight excluding hydrogens is 294 g/mol. The number of esters is 2. The number of methoxy groups -OCH3 is 1. The van der Waals surface area contributed by atoms with Crippen LogP contribution in [0.2, 0.25) is 0 Å². The normalized spacial score (nSPS) is 10.9. The number of rotatable bonds is 8. The number of nitrogens with one attached hydrogen (secondary N) is 1. The molecule has 0 aromatic heterocycles. The van der Waals surface area contributed by atoms with Gasteiger partial charge in [0.05, 0.1) is 19.1 Å². The van der Waals surface area contributed by atoms with Gasteiger partial charge in [0.1, 0.15) is 12.4 Å². The van der Waals surface area contributed by atoms with Gasteiger partial charge in [-0.2, -0.15) is 0 Å². The molecule has 0 aromatic carbocycles. The Morgan fingerprint density at radius 1 is 1.05 bits per heavy atom. The summed E-state index contributed by atoms with van der Waals surface area (Å²) in [4.78, 5) is 56.3. The van der Waals surface area contributed by atoms with Gasteiger partial charge in [0.15, 0.2) is 0 Å². The van der Waals surface area contributed by atoms with Crippen molar-refractivity contribution in [1.82, 2.24) is 5.32 Å². The number of hydrogen-bond acceptors (Lipinski definition) is 7. The van der Waals surface area contributed by atoms with Crippen molar-refractivity contribution in [2.45, 2.75) is 20.8 Å². The van der Waals surface area contributed by atoms with E-state index in [1.807, 2.05) is 0 Å². The molecule has 0 aromatic rings. The first-order chi connectivity index (χ1) is 10.1. The van der Waals surface area contributed by atoms with Crippen LogP contribution in [0.3, 0.4) is 0 Å². The van der Waals surface area contributed by atoms with E-state index in [9.17, 15) is 24.0 Å². The summed E-state index contributed by atoms with van der Waals surface area (Å²) >= 11 is 0. The molecule has 0 spiro atoms. The summed E-state index contributed by atoms with van der Waals surface area (Å²) in [5.41, 5.74) is -1.27. The van der Waals surface area contributed by atoms with Crippen molar-refractivity contribution in [1.29, 1.82) is 0 Å². The fourth-order valence-corrected chi connectivity index (χ4v) is 1.16. The molecule has 122 valence electrons. The minimum atomic E-state index is -1.27. The molecule has 8 nitrogen and oxygen atoms in total. The maximum Gasteiger partial charge on any atom is 0.331 e. The van der Waals surface area contributed by atoms with Gasteiger partial charge in [-0.1, -0.05) is 0 Å². The third-order valence-electron chi connectivity index (χ3n) is 2.45. The Labute approximate surface area is 127 Å². The topological polar surface area (TPSA) is 116 Å². The lowest BCUT2D eigenvalue weighted by atomic mass is 9.88. The zero-order valence-corrected chi connectivity index (χ0v) is 12.9. The molecule has 0 saturated heterocycles. The number of ketones is 2. The van der Waals surface area contributed by atoms with Crippen LogP contribution in [-0.4, -0.2) is 49.7 Å². The Kier molecular flexibility index (Phi) is 7.71. The summed E-state index contributed by atoms with van der Waals surface area (Å²) in [7, 11) is 1.15. The lowest BCUT2D eigenvalue weighted by molar-refractivity contribution is -0.150. The largest absolute Gasteiger partial charge is 0.466 e. The molecule has 0 aliphatic carbocycles. The van der Waals surface area contributed by atoms with E-state index in [4.69, 9.17) is 4.74 Å². The highest BCUT2D eigenvalue weighted by atomic mass is 16.5. The van der Waals surface area contributed by atoms with Gasteiger partial charge in [-0.3, -0.25) is 14.4 Å². The number of amides is 1. The van der Waals surface area contributed by atoms with Gasteiger partial charge >= 0.3 is 11.9 Å². The van der Waals surface area contributed by atoms with E-state index < -0.39 is 29.0 Å². The summed E-state index contributed by atoms with van der Waals surface area (Å²) in [5.74, 6) is -3.62. The molecule has 0 unspecified atom stereocenters. The molecule has 0 radical (unpaired) electrons. The molecule has 0 bridgehead atoms. The van der Waals surface area contributed by atoms with Crippen molar-refractivity contribution in [3.05, 3.63) is 12.2 Å². The Morgan fingerprint density at radius 3 is 2.09 bits per heavy atom. The molecule has 0 aliphatic heterocycles. The van der Waals surface area contributed by atoms with E-state index in [-0.39, 0.29) is 18.9 Å². The number of ether oxygens (including phenoxy) is 2. The fraction of sp³-hybridized carbons (Fsp3) is 0.500. The van der Waals surface area contributed by atoms with Crippen molar-refractivity contribution in [2.75, 3.05) is 20.3 Å². The monoisotopic (exact) mass is 313 g/mol. The minimum absolute atomic E-state index is 0.248. The molecule has 0 saturated carbocycles. The molecule has 0 atom stereocenters. The van der Waals surface area contributed by atoms with E-state index in [1.165, 1.54) is 20.8 Å². The number of Topliss-reactive ketones (excluding diaryl/α,β-unsaturated/α-hetero) is 2. The van der Waals surface area contributed by atoms with Crippen LogP contribution in [0.15, 0.2) is 12.2 Å². The van der Waals surface area contributed by atoms with Gasteiger partial charge in [-0.15, -0.1) is 0 Å². The summed E-state index contributed by atoms with van der Waals surface area (Å²) in [6.07, 6.45) is 1.72. The second kappa shape index (κ2) is 8.71. The van der Waals surface area contributed by atoms with Crippen LogP contribution in [0, 0.1) is 5.41 Å². The zero-order chi connectivity index (χ0) is 17.3. The summed E-state index contributed by atoms with van der Waals surface area (Å²) in [6.45, 7) is 3.50. The van der Waals surface area contributed by atoms with Gasteiger partial charge in [-0.25, -0.2) is 9.59 Å². The van der Waals surface area contributed by atoms with Crippen molar-refractivity contribution >= 4 is 29.4 Å². The van der Waals surface area contributed by atoms with Crippen LogP contribution in [0.1, 0.15) is 20.8 Å². The molecule has 1 N–H and O–H groups in total. The summed E-state index contributed by atoms with van der Waals surface area (Å²) < 4.78 is 9.09. The molecule has 0 rings (SSSR count). The van der Waals surface area contributed by atoms with Crippen LogP contribution in [0.4, 0.5) is 0 Å². The molecule has 8 heteroatoms. The van der Waals surface area contributed by atoms with Crippen molar-refractivity contribution in [3.63, 3.8) is 0 Å². The van der Waals surface area contributed by atoms with Crippen LogP contribution in [0.5, 0.6) is 0 Å². The summed E-state index contributed by atoms with van der Waals surface area (Å²) in [6, 6.07) is 0. The average molecular weight is 313 g/mol. The van der Waals surface area contributed by atoms with Gasteiger partial charge in [0.25, 0.3) is 5.91 Å². The number of hydrogen-bond donors (Lipinski definition) is 1. The fourth-order valence-electron chi connectivity index (χ4n) is 1.16. The smallest absolute Gasteiger partial charge is 0.331 e. The predicted octanol–water partition coefficient (Wildman–Crippen LogP) is -0.441. The van der Waals surface area contributed by atoms with Gasteiger partial charge in [0.2, 0.25) is 5.78 Å². The molecule has 0 aliphatic rings. The highest BCUT2D eigenvalue weighted by Crippen LogP contribution is 2.17. The van der Waals surface area contributed by atoms with Crippen LogP contribution in [-0.2, 0) is 33.4 Å². The first-order valence-corrected chi connectivity index (χ1v) is 6.35. The minimum Gasteiger partial charge on any atom is -0.466 e. The Morgan fingerprint density at radius 2 is 1.59 bits per heavy atom. The second-order valence-corrected chi connectivity index (χ2v) is 5.06. The zero-order valence-electron chi connectivity index (χ0n) is 12.9. The first kappa shape index (κ1) is 19.5. The molecule has 1 amide bonds.